The number of Topliss-reactive ketones (excluding diaryl/α,β-unsaturated/α-hetero) is 1. The van der Waals surface area contributed by atoms with E-state index in [0.29, 0.717) is 23.0 Å². The van der Waals surface area contributed by atoms with Crippen LogP contribution in [0.1, 0.15) is 16.7 Å². The molecule has 0 radical (unpaired) electrons. The fraction of sp³-hybridized carbons (Fsp3) is 0.188. The maximum Gasteiger partial charge on any atom is 0.141 e. The summed E-state index contributed by atoms with van der Waals surface area (Å²) in [5.41, 5.74) is 8.40. The van der Waals surface area contributed by atoms with Crippen LogP contribution >= 0.6 is 23.2 Å². The highest BCUT2D eigenvalue weighted by atomic mass is 35.5. The third kappa shape index (κ3) is 3.83. The molecule has 0 fully saturated rings. The highest BCUT2D eigenvalue weighted by Gasteiger charge is 2.10. The topological polar surface area (TPSA) is 43.1 Å². The van der Waals surface area contributed by atoms with E-state index in [1.807, 2.05) is 24.3 Å². The molecule has 2 nitrogen and oxygen atoms in total. The van der Waals surface area contributed by atoms with Crippen LogP contribution in [0.2, 0.25) is 10.0 Å². The van der Waals surface area contributed by atoms with Crippen LogP contribution in [0.4, 0.5) is 0 Å². The summed E-state index contributed by atoms with van der Waals surface area (Å²) in [6, 6.07) is 12.9. The molecule has 20 heavy (non-hydrogen) atoms. The number of nitrogens with two attached hydrogens (primary N) is 1. The van der Waals surface area contributed by atoms with Crippen molar-refractivity contribution in [2.45, 2.75) is 19.4 Å². The zero-order valence-corrected chi connectivity index (χ0v) is 12.4. The lowest BCUT2D eigenvalue weighted by Gasteiger charge is -2.08. The molecule has 0 spiro atoms. The second kappa shape index (κ2) is 6.89. The minimum absolute atomic E-state index is 0.0927. The largest absolute Gasteiger partial charge is 0.326 e. The monoisotopic (exact) mass is 307 g/mol. The molecule has 0 aliphatic rings. The molecule has 0 saturated carbocycles. The van der Waals surface area contributed by atoms with Crippen LogP contribution in [-0.2, 0) is 24.2 Å². The smallest absolute Gasteiger partial charge is 0.141 e. The maximum atomic E-state index is 12.2. The van der Waals surface area contributed by atoms with Crippen molar-refractivity contribution in [2.24, 2.45) is 5.73 Å². The van der Waals surface area contributed by atoms with Gasteiger partial charge in [0.15, 0.2) is 0 Å². The van der Waals surface area contributed by atoms with E-state index < -0.39 is 0 Å². The minimum Gasteiger partial charge on any atom is -0.326 e. The van der Waals surface area contributed by atoms with E-state index in [2.05, 4.69) is 0 Å². The predicted molar refractivity (Wildman–Crippen MR) is 83.2 cm³/mol. The van der Waals surface area contributed by atoms with Crippen LogP contribution in [0.25, 0.3) is 0 Å². The lowest BCUT2D eigenvalue weighted by Crippen LogP contribution is -2.10. The van der Waals surface area contributed by atoms with Crippen molar-refractivity contribution < 1.29 is 4.79 Å². The highest BCUT2D eigenvalue weighted by molar-refractivity contribution is 6.33. The first-order chi connectivity index (χ1) is 9.60. The Balaban J connectivity index is 2.11. The predicted octanol–water partition coefficient (Wildman–Crippen LogP) is 3.81. The van der Waals surface area contributed by atoms with E-state index in [9.17, 15) is 4.79 Å². The van der Waals surface area contributed by atoms with Crippen LogP contribution in [0.3, 0.4) is 0 Å². The van der Waals surface area contributed by atoms with Crippen LogP contribution < -0.4 is 5.73 Å². The van der Waals surface area contributed by atoms with Gasteiger partial charge in [-0.05, 0) is 34.9 Å². The van der Waals surface area contributed by atoms with Gasteiger partial charge in [0, 0.05) is 29.4 Å². The molecule has 4 heteroatoms. The summed E-state index contributed by atoms with van der Waals surface area (Å²) in [6.07, 6.45) is 0.633. The number of rotatable bonds is 5. The molecule has 0 amide bonds. The molecule has 2 aromatic rings. The minimum atomic E-state index is 0.0927. The Morgan fingerprint density at radius 2 is 1.60 bits per heavy atom. The van der Waals surface area contributed by atoms with Gasteiger partial charge in [0.25, 0.3) is 0 Å². The molecular formula is C16H15Cl2NO. The van der Waals surface area contributed by atoms with Gasteiger partial charge in [-0.3, -0.25) is 4.79 Å². The Morgan fingerprint density at radius 3 is 2.30 bits per heavy atom. The van der Waals surface area contributed by atoms with Crippen molar-refractivity contribution in [3.63, 3.8) is 0 Å². The maximum absolute atomic E-state index is 12.2. The molecular weight excluding hydrogens is 293 g/mol. The molecule has 0 bridgehead atoms. The fourth-order valence-electron chi connectivity index (χ4n) is 2.10. The summed E-state index contributed by atoms with van der Waals surface area (Å²) < 4.78 is 0. The number of carbonyl (C=O) groups is 1. The first kappa shape index (κ1) is 15.0. The van der Waals surface area contributed by atoms with Gasteiger partial charge in [0.1, 0.15) is 5.78 Å². The second-order valence-corrected chi connectivity index (χ2v) is 5.44. The molecule has 0 atom stereocenters. The van der Waals surface area contributed by atoms with Gasteiger partial charge >= 0.3 is 0 Å². The molecule has 0 aliphatic carbocycles. The normalized spacial score (nSPS) is 10.6. The van der Waals surface area contributed by atoms with Crippen molar-refractivity contribution in [3.05, 3.63) is 69.2 Å². The number of hydrogen-bond acceptors (Lipinski definition) is 2. The average Bonchev–Trinajstić information content (AvgIpc) is 2.43. The van der Waals surface area contributed by atoms with Gasteiger partial charge in [0.2, 0.25) is 0 Å². The lowest BCUT2D eigenvalue weighted by atomic mass is 9.99. The van der Waals surface area contributed by atoms with E-state index >= 15 is 0 Å². The molecule has 0 aliphatic heterocycles. The van der Waals surface area contributed by atoms with E-state index in [-0.39, 0.29) is 12.2 Å². The summed E-state index contributed by atoms with van der Waals surface area (Å²) >= 11 is 12.0. The molecule has 0 aromatic heterocycles. The Hall–Kier alpha value is -1.35. The quantitative estimate of drug-likeness (QED) is 0.913. The Labute approximate surface area is 128 Å². The lowest BCUT2D eigenvalue weighted by molar-refractivity contribution is -0.117. The van der Waals surface area contributed by atoms with Crippen molar-refractivity contribution in [1.29, 1.82) is 0 Å². The molecule has 2 aromatic carbocycles. The number of carbonyl (C=O) groups excluding carboxylic acids is 1. The first-order valence-corrected chi connectivity index (χ1v) is 7.08. The van der Waals surface area contributed by atoms with Crippen LogP contribution in [0, 0.1) is 0 Å². The second-order valence-electron chi connectivity index (χ2n) is 4.60. The average molecular weight is 308 g/mol. The summed E-state index contributed by atoms with van der Waals surface area (Å²) in [7, 11) is 0. The van der Waals surface area contributed by atoms with Gasteiger partial charge in [0.05, 0.1) is 0 Å². The Kier molecular flexibility index (Phi) is 5.18. The van der Waals surface area contributed by atoms with Crippen molar-refractivity contribution in [1.82, 2.24) is 0 Å². The number of hydrogen-bond donors (Lipinski definition) is 1. The third-order valence-electron chi connectivity index (χ3n) is 3.12. The summed E-state index contributed by atoms with van der Waals surface area (Å²) in [5, 5.41) is 1.15. The molecule has 0 saturated heterocycles. The Morgan fingerprint density at radius 1 is 0.950 bits per heavy atom. The van der Waals surface area contributed by atoms with Crippen LogP contribution in [-0.4, -0.2) is 5.78 Å². The summed E-state index contributed by atoms with van der Waals surface area (Å²) in [6.45, 7) is 0.432. The highest BCUT2D eigenvalue weighted by Crippen LogP contribution is 2.22. The zero-order chi connectivity index (χ0) is 14.5. The fourth-order valence-corrected chi connectivity index (χ4v) is 2.47. The number of halogens is 2. The SMILES string of the molecule is NCc1ccccc1CC(=O)Cc1cc(Cl)ccc1Cl. The standard InChI is InChI=1S/C16H15Cl2NO/c17-14-5-6-16(18)13(7-14)9-15(20)8-11-3-1-2-4-12(11)10-19/h1-7H,8-10,19H2. The third-order valence-corrected chi connectivity index (χ3v) is 3.73. The van der Waals surface area contributed by atoms with Gasteiger partial charge in [-0.1, -0.05) is 47.5 Å². The van der Waals surface area contributed by atoms with E-state index in [4.69, 9.17) is 28.9 Å². The molecule has 0 heterocycles. The van der Waals surface area contributed by atoms with Gasteiger partial charge < -0.3 is 5.73 Å². The molecule has 104 valence electrons. The Bertz CT molecular complexity index is 626. The summed E-state index contributed by atoms with van der Waals surface area (Å²) in [4.78, 5) is 12.2. The number of ketones is 1. The van der Waals surface area contributed by atoms with Crippen molar-refractivity contribution >= 4 is 29.0 Å². The van der Waals surface area contributed by atoms with Crippen LogP contribution in [0.15, 0.2) is 42.5 Å². The van der Waals surface area contributed by atoms with E-state index in [0.717, 1.165) is 16.7 Å². The molecule has 2 N–H and O–H groups in total. The molecule has 2 rings (SSSR count). The molecule has 0 unspecified atom stereocenters. The van der Waals surface area contributed by atoms with Crippen molar-refractivity contribution in [3.8, 4) is 0 Å². The van der Waals surface area contributed by atoms with Gasteiger partial charge in [-0.25, -0.2) is 0 Å². The summed E-state index contributed by atoms with van der Waals surface area (Å²) in [5.74, 6) is 0.0927. The zero-order valence-electron chi connectivity index (χ0n) is 10.9. The van der Waals surface area contributed by atoms with Crippen molar-refractivity contribution in [2.75, 3.05) is 0 Å². The number of benzene rings is 2. The van der Waals surface area contributed by atoms with E-state index in [1.165, 1.54) is 0 Å². The van der Waals surface area contributed by atoms with E-state index in [1.54, 1.807) is 18.2 Å². The van der Waals surface area contributed by atoms with Gasteiger partial charge in [-0.2, -0.15) is 0 Å². The van der Waals surface area contributed by atoms with Gasteiger partial charge in [-0.15, -0.1) is 0 Å². The first-order valence-electron chi connectivity index (χ1n) is 6.32. The van der Waals surface area contributed by atoms with Crippen LogP contribution in [0.5, 0.6) is 0 Å².